The molecule has 0 saturated heterocycles. The number of fused-ring (bicyclic) bond motifs is 1. The molecule has 1 amide bonds. The molecule has 0 spiro atoms. The van der Waals surface area contributed by atoms with E-state index < -0.39 is 17.8 Å². The Hall–Kier alpha value is -1.72. The second-order valence-electron chi connectivity index (χ2n) is 6.51. The maximum Gasteiger partial charge on any atom is 0.274 e. The number of hydroxylamine groups is 1. The van der Waals surface area contributed by atoms with E-state index in [4.69, 9.17) is 9.94 Å². The molecule has 2 N–H and O–H groups in total. The summed E-state index contributed by atoms with van der Waals surface area (Å²) >= 11 is 0. The van der Waals surface area contributed by atoms with E-state index in [1.165, 1.54) is 23.9 Å². The van der Waals surface area contributed by atoms with Gasteiger partial charge in [-0.3, -0.25) is 10.0 Å². The van der Waals surface area contributed by atoms with Crippen LogP contribution in [0.3, 0.4) is 0 Å². The molecule has 5 heteroatoms. The molecule has 3 unspecified atom stereocenters. The lowest BCUT2D eigenvalue weighted by Gasteiger charge is -2.25. The average Bonchev–Trinajstić information content (AvgIpc) is 3.41. The summed E-state index contributed by atoms with van der Waals surface area (Å²) in [5.74, 6) is -0.0900. The van der Waals surface area contributed by atoms with Crippen molar-refractivity contribution in [2.45, 2.75) is 37.4 Å². The van der Waals surface area contributed by atoms with Crippen molar-refractivity contribution < 1.29 is 19.1 Å². The monoisotopic (exact) mass is 303 g/mol. The molecule has 0 heterocycles. The minimum atomic E-state index is -0.703. The molecule has 0 radical (unpaired) electrons. The highest BCUT2D eigenvalue weighted by Gasteiger charge is 2.55. The van der Waals surface area contributed by atoms with Crippen molar-refractivity contribution >= 4 is 5.91 Å². The van der Waals surface area contributed by atoms with Gasteiger partial charge >= 0.3 is 0 Å². The smallest absolute Gasteiger partial charge is 0.274 e. The fourth-order valence-corrected chi connectivity index (χ4v) is 3.30. The SMILES string of the molecule is O=C(NO)C1=CCC(OC23C=CC(C4CC4)=CC2C3)C(F)=C1. The highest BCUT2D eigenvalue weighted by molar-refractivity contribution is 5.95. The second-order valence-corrected chi connectivity index (χ2v) is 6.51. The number of hydrogen-bond donors (Lipinski definition) is 2. The summed E-state index contributed by atoms with van der Waals surface area (Å²) in [6.45, 7) is 0. The first-order valence-corrected chi connectivity index (χ1v) is 7.72. The van der Waals surface area contributed by atoms with Crippen molar-refractivity contribution in [2.24, 2.45) is 11.8 Å². The number of carbonyl (C=O) groups excluding carboxylic acids is 1. The maximum absolute atomic E-state index is 14.1. The van der Waals surface area contributed by atoms with Gasteiger partial charge in [-0.05, 0) is 43.3 Å². The number of amides is 1. The van der Waals surface area contributed by atoms with Crippen LogP contribution in [0.15, 0.2) is 47.4 Å². The predicted octanol–water partition coefficient (Wildman–Crippen LogP) is 2.73. The molecule has 2 fully saturated rings. The largest absolute Gasteiger partial charge is 0.360 e. The van der Waals surface area contributed by atoms with Crippen LogP contribution in [0, 0.1) is 11.8 Å². The number of halogens is 1. The van der Waals surface area contributed by atoms with Crippen LogP contribution in [0.25, 0.3) is 0 Å². The first kappa shape index (κ1) is 13.9. The van der Waals surface area contributed by atoms with Gasteiger partial charge in [0.25, 0.3) is 5.91 Å². The molecule has 116 valence electrons. The molecule has 2 saturated carbocycles. The van der Waals surface area contributed by atoms with Gasteiger partial charge in [0.2, 0.25) is 0 Å². The fourth-order valence-electron chi connectivity index (χ4n) is 3.30. The Morgan fingerprint density at radius 3 is 2.91 bits per heavy atom. The van der Waals surface area contributed by atoms with Crippen LogP contribution in [-0.2, 0) is 9.53 Å². The number of hydrogen-bond acceptors (Lipinski definition) is 3. The second kappa shape index (κ2) is 4.89. The van der Waals surface area contributed by atoms with Gasteiger partial charge in [-0.2, -0.15) is 0 Å². The molecule has 4 rings (SSSR count). The third kappa shape index (κ3) is 2.34. The van der Waals surface area contributed by atoms with E-state index in [0.717, 1.165) is 18.4 Å². The van der Waals surface area contributed by atoms with E-state index in [-0.39, 0.29) is 11.2 Å². The molecule has 4 nitrogen and oxygen atoms in total. The molecule has 0 aromatic heterocycles. The summed E-state index contributed by atoms with van der Waals surface area (Å²) in [6.07, 6.45) is 12.3. The number of rotatable bonds is 4. The molecule has 0 aliphatic heterocycles. The Balaban J connectivity index is 1.42. The zero-order valence-electron chi connectivity index (χ0n) is 12.1. The molecule has 22 heavy (non-hydrogen) atoms. The van der Waals surface area contributed by atoms with Gasteiger partial charge in [0, 0.05) is 11.5 Å². The van der Waals surface area contributed by atoms with Crippen molar-refractivity contribution in [3.05, 3.63) is 47.4 Å². The van der Waals surface area contributed by atoms with Crippen molar-refractivity contribution in [3.8, 4) is 0 Å². The van der Waals surface area contributed by atoms with E-state index in [0.29, 0.717) is 12.3 Å². The number of nitrogens with one attached hydrogen (secondary N) is 1. The highest BCUT2D eigenvalue weighted by atomic mass is 19.1. The summed E-state index contributed by atoms with van der Waals surface area (Å²) in [7, 11) is 0. The van der Waals surface area contributed by atoms with Crippen molar-refractivity contribution in [3.63, 3.8) is 0 Å². The lowest BCUT2D eigenvalue weighted by molar-refractivity contribution is -0.125. The van der Waals surface area contributed by atoms with E-state index >= 15 is 0 Å². The number of carbonyl (C=O) groups is 1. The Morgan fingerprint density at radius 2 is 2.27 bits per heavy atom. The van der Waals surface area contributed by atoms with Crippen molar-refractivity contribution in [1.82, 2.24) is 5.48 Å². The van der Waals surface area contributed by atoms with E-state index in [1.54, 1.807) is 6.08 Å². The standard InChI is InChI=1S/C17H18FNO3/c18-14-8-12(16(20)19-21)3-4-15(14)22-17-6-5-11(10-1-2-10)7-13(17)9-17/h3,5-8,10,13,15,21H,1-2,4,9H2,(H,19,20). The highest BCUT2D eigenvalue weighted by Crippen LogP contribution is 2.55. The third-order valence-corrected chi connectivity index (χ3v) is 4.88. The number of allylic oxidation sites excluding steroid dienone is 2. The van der Waals surface area contributed by atoms with Crippen LogP contribution in [-0.4, -0.2) is 22.8 Å². The molecular formula is C17H18FNO3. The number of ether oxygens (including phenoxy) is 1. The topological polar surface area (TPSA) is 58.6 Å². The van der Waals surface area contributed by atoms with Gasteiger partial charge in [0.05, 0.1) is 5.60 Å². The van der Waals surface area contributed by atoms with Crippen LogP contribution in [0.5, 0.6) is 0 Å². The zero-order chi connectivity index (χ0) is 15.3. The van der Waals surface area contributed by atoms with Crippen LogP contribution >= 0.6 is 0 Å². The molecule has 0 bridgehead atoms. The molecule has 4 aliphatic carbocycles. The predicted molar refractivity (Wildman–Crippen MR) is 77.5 cm³/mol. The Kier molecular flexibility index (Phi) is 3.09. The first-order chi connectivity index (χ1) is 10.6. The Labute approximate surface area is 128 Å². The molecule has 3 atom stereocenters. The van der Waals surface area contributed by atoms with Crippen LogP contribution in [0.4, 0.5) is 4.39 Å². The molecular weight excluding hydrogens is 285 g/mol. The molecule has 0 aromatic carbocycles. The average molecular weight is 303 g/mol. The van der Waals surface area contributed by atoms with E-state index in [2.05, 4.69) is 18.2 Å². The van der Waals surface area contributed by atoms with E-state index in [9.17, 15) is 9.18 Å². The van der Waals surface area contributed by atoms with E-state index in [1.807, 2.05) is 0 Å². The summed E-state index contributed by atoms with van der Waals surface area (Å²) in [4.78, 5) is 11.3. The lowest BCUT2D eigenvalue weighted by Crippen LogP contribution is -2.28. The van der Waals surface area contributed by atoms with Gasteiger partial charge in [0.1, 0.15) is 11.9 Å². The zero-order valence-corrected chi connectivity index (χ0v) is 12.1. The molecule has 0 aromatic rings. The summed E-state index contributed by atoms with van der Waals surface area (Å²) in [6, 6.07) is 0. The van der Waals surface area contributed by atoms with Crippen molar-refractivity contribution in [2.75, 3.05) is 0 Å². The van der Waals surface area contributed by atoms with Gasteiger partial charge in [-0.15, -0.1) is 0 Å². The van der Waals surface area contributed by atoms with Gasteiger partial charge in [-0.1, -0.05) is 24.3 Å². The molecule has 4 aliphatic rings. The van der Waals surface area contributed by atoms with Crippen LogP contribution in [0.2, 0.25) is 0 Å². The quantitative estimate of drug-likeness (QED) is 0.620. The minimum Gasteiger partial charge on any atom is -0.360 e. The van der Waals surface area contributed by atoms with Crippen LogP contribution < -0.4 is 5.48 Å². The normalized spacial score (nSPS) is 36.0. The minimum absolute atomic E-state index is 0.125. The van der Waals surface area contributed by atoms with Crippen molar-refractivity contribution in [1.29, 1.82) is 0 Å². The fraction of sp³-hybridized carbons (Fsp3) is 0.471. The summed E-state index contributed by atoms with van der Waals surface area (Å²) < 4.78 is 20.2. The van der Waals surface area contributed by atoms with Gasteiger partial charge in [0.15, 0.2) is 0 Å². The maximum atomic E-state index is 14.1. The third-order valence-electron chi connectivity index (χ3n) is 4.88. The van der Waals surface area contributed by atoms with Gasteiger partial charge in [-0.25, -0.2) is 9.87 Å². The summed E-state index contributed by atoms with van der Waals surface area (Å²) in [5, 5.41) is 8.58. The first-order valence-electron chi connectivity index (χ1n) is 7.72. The summed E-state index contributed by atoms with van der Waals surface area (Å²) in [5.41, 5.74) is 2.68. The lowest BCUT2D eigenvalue weighted by atomic mass is 10.00. The van der Waals surface area contributed by atoms with Gasteiger partial charge < -0.3 is 4.74 Å². The van der Waals surface area contributed by atoms with Crippen LogP contribution in [0.1, 0.15) is 25.7 Å². The Morgan fingerprint density at radius 1 is 1.45 bits per heavy atom. The Bertz CT molecular complexity index is 644.